The van der Waals surface area contributed by atoms with Gasteiger partial charge in [0.1, 0.15) is 5.82 Å². The topological polar surface area (TPSA) is 106 Å². The first kappa shape index (κ1) is 14.1. The lowest BCUT2D eigenvalue weighted by Crippen LogP contribution is -2.37. The highest BCUT2D eigenvalue weighted by atomic mass is 16.2. The van der Waals surface area contributed by atoms with Gasteiger partial charge in [-0.25, -0.2) is 4.98 Å². The number of primary amides is 1. The highest BCUT2D eigenvalue weighted by Crippen LogP contribution is 2.17. The molecular weight excluding hydrogens is 258 g/mol. The van der Waals surface area contributed by atoms with Gasteiger partial charge in [-0.3, -0.25) is 9.59 Å². The van der Waals surface area contributed by atoms with Gasteiger partial charge in [-0.15, -0.1) is 0 Å². The summed E-state index contributed by atoms with van der Waals surface area (Å²) in [5.74, 6) is -0.0461. The van der Waals surface area contributed by atoms with E-state index < -0.39 is 5.91 Å². The maximum absolute atomic E-state index is 12.1. The van der Waals surface area contributed by atoms with Crippen molar-refractivity contribution in [2.75, 3.05) is 37.3 Å². The van der Waals surface area contributed by atoms with E-state index in [9.17, 15) is 9.59 Å². The summed E-state index contributed by atoms with van der Waals surface area (Å²) >= 11 is 0. The maximum Gasteiger partial charge on any atom is 0.250 e. The van der Waals surface area contributed by atoms with Crippen molar-refractivity contribution in [2.24, 2.45) is 5.73 Å². The predicted octanol–water partition coefficient (Wildman–Crippen LogP) is -0.179. The van der Waals surface area contributed by atoms with Crippen molar-refractivity contribution in [3.05, 3.63) is 17.8 Å². The Balaban J connectivity index is 2.08. The summed E-state index contributed by atoms with van der Waals surface area (Å²) in [6.07, 6.45) is 3.50. The van der Waals surface area contributed by atoms with Gasteiger partial charge >= 0.3 is 0 Å². The van der Waals surface area contributed by atoms with Crippen LogP contribution in [0.25, 0.3) is 0 Å². The molecule has 0 bridgehead atoms. The first-order chi connectivity index (χ1) is 9.49. The molecule has 108 valence electrons. The van der Waals surface area contributed by atoms with Gasteiger partial charge < -0.3 is 21.3 Å². The zero-order chi connectivity index (χ0) is 14.7. The predicted molar refractivity (Wildman–Crippen MR) is 76.3 cm³/mol. The minimum atomic E-state index is -0.606. The number of likely N-dealkylation sites (tertiary alicyclic amines) is 1. The number of anilines is 2. The van der Waals surface area contributed by atoms with Crippen LogP contribution in [0.15, 0.2) is 12.3 Å². The van der Waals surface area contributed by atoms with E-state index in [0.29, 0.717) is 5.82 Å². The molecule has 0 unspecified atom stereocenters. The standard InChI is InChI=1S/C13H19N5O2/c1-17(8-12(19)18-4-2-3-5-18)11-6-9(13(15)20)10(14)7-16-11/h6-7H,2-5,8,14H2,1H3,(H2,15,20). The number of pyridine rings is 1. The number of nitrogens with zero attached hydrogens (tertiary/aromatic N) is 3. The molecule has 2 heterocycles. The molecule has 7 nitrogen and oxygen atoms in total. The monoisotopic (exact) mass is 277 g/mol. The zero-order valence-electron chi connectivity index (χ0n) is 11.5. The molecule has 1 aliphatic rings. The van der Waals surface area contributed by atoms with Crippen LogP contribution in [0, 0.1) is 0 Å². The van der Waals surface area contributed by atoms with Crippen LogP contribution in [0.1, 0.15) is 23.2 Å². The van der Waals surface area contributed by atoms with Crippen molar-refractivity contribution in [1.82, 2.24) is 9.88 Å². The minimum Gasteiger partial charge on any atom is -0.397 e. The molecule has 7 heteroatoms. The van der Waals surface area contributed by atoms with Gasteiger partial charge in [-0.1, -0.05) is 0 Å². The lowest BCUT2D eigenvalue weighted by Gasteiger charge is -2.22. The summed E-state index contributed by atoms with van der Waals surface area (Å²) in [6.45, 7) is 1.85. The molecule has 20 heavy (non-hydrogen) atoms. The number of aromatic nitrogens is 1. The summed E-state index contributed by atoms with van der Waals surface area (Å²) in [4.78, 5) is 31.0. The fraction of sp³-hybridized carbons (Fsp3) is 0.462. The van der Waals surface area contributed by atoms with Gasteiger partial charge in [0.05, 0.1) is 24.0 Å². The molecule has 0 aromatic carbocycles. The third-order valence-electron chi connectivity index (χ3n) is 3.41. The molecule has 2 rings (SSSR count). The molecule has 2 amide bonds. The average Bonchev–Trinajstić information content (AvgIpc) is 2.92. The van der Waals surface area contributed by atoms with E-state index >= 15 is 0 Å². The fourth-order valence-electron chi connectivity index (χ4n) is 2.23. The Bertz CT molecular complexity index is 525. The molecule has 0 saturated carbocycles. The molecule has 1 fully saturated rings. The molecule has 0 atom stereocenters. The lowest BCUT2D eigenvalue weighted by molar-refractivity contribution is -0.128. The first-order valence-corrected chi connectivity index (χ1v) is 6.53. The number of nitrogens with two attached hydrogens (primary N) is 2. The van der Waals surface area contributed by atoms with Crippen molar-refractivity contribution in [2.45, 2.75) is 12.8 Å². The van der Waals surface area contributed by atoms with Gasteiger partial charge in [0.25, 0.3) is 5.91 Å². The SMILES string of the molecule is CN(CC(=O)N1CCCC1)c1cc(C(N)=O)c(N)cn1. The number of hydrogen-bond donors (Lipinski definition) is 2. The van der Waals surface area contributed by atoms with Crippen LogP contribution < -0.4 is 16.4 Å². The Labute approximate surface area is 117 Å². The van der Waals surface area contributed by atoms with Crippen LogP contribution in [0.2, 0.25) is 0 Å². The molecule has 0 aliphatic carbocycles. The van der Waals surface area contributed by atoms with E-state index in [4.69, 9.17) is 11.5 Å². The first-order valence-electron chi connectivity index (χ1n) is 6.53. The van der Waals surface area contributed by atoms with E-state index in [1.165, 1.54) is 12.3 Å². The van der Waals surface area contributed by atoms with Crippen molar-refractivity contribution in [3.8, 4) is 0 Å². The number of carbonyl (C=O) groups excluding carboxylic acids is 2. The number of carbonyl (C=O) groups is 2. The molecule has 4 N–H and O–H groups in total. The highest BCUT2D eigenvalue weighted by molar-refractivity contribution is 5.98. The summed E-state index contributed by atoms with van der Waals surface area (Å²) in [6, 6.07) is 1.51. The van der Waals surface area contributed by atoms with E-state index in [2.05, 4.69) is 4.98 Å². The number of hydrogen-bond acceptors (Lipinski definition) is 5. The van der Waals surface area contributed by atoms with Gasteiger partial charge in [-0.05, 0) is 18.9 Å². The van der Waals surface area contributed by atoms with E-state index in [-0.39, 0.29) is 23.7 Å². The number of amides is 2. The summed E-state index contributed by atoms with van der Waals surface area (Å²) in [5.41, 5.74) is 11.3. The second-order valence-corrected chi connectivity index (χ2v) is 4.94. The Morgan fingerprint density at radius 3 is 2.65 bits per heavy atom. The molecule has 1 aromatic rings. The van der Waals surface area contributed by atoms with Crippen molar-refractivity contribution in [1.29, 1.82) is 0 Å². The second-order valence-electron chi connectivity index (χ2n) is 4.94. The van der Waals surface area contributed by atoms with Crippen LogP contribution in [0.3, 0.4) is 0 Å². The lowest BCUT2D eigenvalue weighted by atomic mass is 10.2. The van der Waals surface area contributed by atoms with Crippen LogP contribution in [-0.2, 0) is 4.79 Å². The molecule has 1 aliphatic heterocycles. The summed E-state index contributed by atoms with van der Waals surface area (Å²) in [5, 5.41) is 0. The van der Waals surface area contributed by atoms with Gasteiger partial charge in [0.15, 0.2) is 0 Å². The largest absolute Gasteiger partial charge is 0.397 e. The van der Waals surface area contributed by atoms with E-state index in [0.717, 1.165) is 25.9 Å². The van der Waals surface area contributed by atoms with Crippen molar-refractivity contribution >= 4 is 23.3 Å². The van der Waals surface area contributed by atoms with E-state index in [1.54, 1.807) is 11.9 Å². The zero-order valence-corrected chi connectivity index (χ0v) is 11.5. The number of nitrogen functional groups attached to an aromatic ring is 1. The average molecular weight is 277 g/mol. The van der Waals surface area contributed by atoms with Crippen LogP contribution >= 0.6 is 0 Å². The molecule has 1 aromatic heterocycles. The Hall–Kier alpha value is -2.31. The third kappa shape index (κ3) is 2.98. The summed E-state index contributed by atoms with van der Waals surface area (Å²) in [7, 11) is 1.75. The number of likely N-dealkylation sites (N-methyl/N-ethyl adjacent to an activating group) is 1. The van der Waals surface area contributed by atoms with E-state index in [1.807, 2.05) is 4.90 Å². The number of rotatable bonds is 4. The molecular formula is C13H19N5O2. The van der Waals surface area contributed by atoms with Gasteiger partial charge in [0, 0.05) is 20.1 Å². The molecule has 0 spiro atoms. The normalized spacial score (nSPS) is 14.3. The Morgan fingerprint density at radius 1 is 1.40 bits per heavy atom. The highest BCUT2D eigenvalue weighted by Gasteiger charge is 2.20. The quantitative estimate of drug-likeness (QED) is 0.794. The van der Waals surface area contributed by atoms with Crippen LogP contribution in [0.4, 0.5) is 11.5 Å². The van der Waals surface area contributed by atoms with Crippen molar-refractivity contribution < 1.29 is 9.59 Å². The fourth-order valence-corrected chi connectivity index (χ4v) is 2.23. The third-order valence-corrected chi connectivity index (χ3v) is 3.41. The van der Waals surface area contributed by atoms with Gasteiger partial charge in [0.2, 0.25) is 5.91 Å². The smallest absolute Gasteiger partial charge is 0.250 e. The molecule has 1 saturated heterocycles. The molecule has 0 radical (unpaired) electrons. The minimum absolute atomic E-state index is 0.0595. The Morgan fingerprint density at radius 2 is 2.05 bits per heavy atom. The maximum atomic E-state index is 12.1. The Kier molecular flexibility index (Phi) is 4.07. The van der Waals surface area contributed by atoms with Crippen LogP contribution in [0.5, 0.6) is 0 Å². The second kappa shape index (κ2) is 5.77. The van der Waals surface area contributed by atoms with Crippen molar-refractivity contribution in [3.63, 3.8) is 0 Å². The summed E-state index contributed by atoms with van der Waals surface area (Å²) < 4.78 is 0. The van der Waals surface area contributed by atoms with Crippen LogP contribution in [-0.4, -0.2) is 48.4 Å². The van der Waals surface area contributed by atoms with Gasteiger partial charge in [-0.2, -0.15) is 0 Å².